The van der Waals surface area contributed by atoms with E-state index >= 15 is 0 Å². The first kappa shape index (κ1) is 14.1. The lowest BCUT2D eigenvalue weighted by molar-refractivity contribution is 0.122. The van der Waals surface area contributed by atoms with Crippen LogP contribution in [0.5, 0.6) is 0 Å². The maximum absolute atomic E-state index is 12.2. The van der Waals surface area contributed by atoms with Gasteiger partial charge in [-0.1, -0.05) is 39.5 Å². The lowest BCUT2D eigenvalue weighted by Gasteiger charge is -2.08. The standard InChI is InChI=1S/C13H22F2N2/c1-3-4-5-6-7-11(2)12-8-16-17(9-12)10-13(14)15/h8-9,11,13H,3-7,10H2,1-2H3. The first-order valence-corrected chi connectivity index (χ1v) is 6.44. The number of rotatable bonds is 8. The molecule has 0 saturated carbocycles. The molecule has 0 N–H and O–H groups in total. The van der Waals surface area contributed by atoms with Crippen LogP contribution in [0, 0.1) is 0 Å². The van der Waals surface area contributed by atoms with E-state index in [-0.39, 0.29) is 6.54 Å². The molecule has 0 radical (unpaired) electrons. The molecule has 4 heteroatoms. The van der Waals surface area contributed by atoms with Crippen molar-refractivity contribution in [3.8, 4) is 0 Å². The van der Waals surface area contributed by atoms with E-state index in [9.17, 15) is 8.78 Å². The molecule has 1 rings (SSSR count). The van der Waals surface area contributed by atoms with Gasteiger partial charge in [-0.3, -0.25) is 4.68 Å². The highest BCUT2D eigenvalue weighted by atomic mass is 19.3. The van der Waals surface area contributed by atoms with Crippen LogP contribution in [-0.4, -0.2) is 16.2 Å². The molecular weight excluding hydrogens is 222 g/mol. The third-order valence-corrected chi connectivity index (χ3v) is 3.04. The summed E-state index contributed by atoms with van der Waals surface area (Å²) < 4.78 is 25.7. The van der Waals surface area contributed by atoms with E-state index in [1.807, 2.05) is 0 Å². The van der Waals surface area contributed by atoms with E-state index in [2.05, 4.69) is 18.9 Å². The van der Waals surface area contributed by atoms with E-state index in [1.54, 1.807) is 12.4 Å². The maximum Gasteiger partial charge on any atom is 0.257 e. The molecule has 1 unspecified atom stereocenters. The minimum Gasteiger partial charge on any atom is -0.267 e. The summed E-state index contributed by atoms with van der Waals surface area (Å²) in [6.07, 6.45) is 7.21. The molecule has 98 valence electrons. The molecule has 1 aromatic heterocycles. The molecule has 2 nitrogen and oxygen atoms in total. The largest absolute Gasteiger partial charge is 0.267 e. The zero-order valence-corrected chi connectivity index (χ0v) is 10.7. The fourth-order valence-corrected chi connectivity index (χ4v) is 1.92. The molecule has 0 aromatic carbocycles. The summed E-state index contributed by atoms with van der Waals surface area (Å²) in [6.45, 7) is 4.02. The molecule has 0 saturated heterocycles. The number of hydrogen-bond donors (Lipinski definition) is 0. The second-order valence-electron chi connectivity index (χ2n) is 4.64. The lowest BCUT2D eigenvalue weighted by Crippen LogP contribution is -2.06. The van der Waals surface area contributed by atoms with Crippen LogP contribution in [0.15, 0.2) is 12.4 Å². The molecule has 0 spiro atoms. The van der Waals surface area contributed by atoms with E-state index in [1.165, 1.54) is 30.4 Å². The van der Waals surface area contributed by atoms with Crippen molar-refractivity contribution in [2.75, 3.05) is 0 Å². The lowest BCUT2D eigenvalue weighted by atomic mass is 9.97. The number of aromatic nitrogens is 2. The summed E-state index contributed by atoms with van der Waals surface area (Å²) >= 11 is 0. The minimum absolute atomic E-state index is 0.303. The van der Waals surface area contributed by atoms with Gasteiger partial charge in [-0.15, -0.1) is 0 Å². The van der Waals surface area contributed by atoms with Crippen LogP contribution in [0.25, 0.3) is 0 Å². The third kappa shape index (κ3) is 5.29. The second-order valence-corrected chi connectivity index (χ2v) is 4.64. The van der Waals surface area contributed by atoms with Gasteiger partial charge in [0, 0.05) is 6.20 Å². The summed E-state index contributed by atoms with van der Waals surface area (Å²) in [6, 6.07) is 0. The monoisotopic (exact) mass is 244 g/mol. The van der Waals surface area contributed by atoms with Crippen LogP contribution < -0.4 is 0 Å². The average Bonchev–Trinajstić information content (AvgIpc) is 2.71. The van der Waals surface area contributed by atoms with Gasteiger partial charge < -0.3 is 0 Å². The molecular formula is C13H22F2N2. The van der Waals surface area contributed by atoms with Crippen LogP contribution in [-0.2, 0) is 6.54 Å². The van der Waals surface area contributed by atoms with Crippen LogP contribution in [0.4, 0.5) is 8.78 Å². The molecule has 0 aliphatic carbocycles. The molecule has 0 bridgehead atoms. The SMILES string of the molecule is CCCCCCC(C)c1cnn(CC(F)F)c1. The van der Waals surface area contributed by atoms with Gasteiger partial charge in [0.15, 0.2) is 0 Å². The van der Waals surface area contributed by atoms with Gasteiger partial charge in [-0.05, 0) is 17.9 Å². The van der Waals surface area contributed by atoms with Gasteiger partial charge in [0.25, 0.3) is 6.43 Å². The number of alkyl halides is 2. The van der Waals surface area contributed by atoms with Crippen molar-refractivity contribution in [1.29, 1.82) is 0 Å². The van der Waals surface area contributed by atoms with Crippen LogP contribution >= 0.6 is 0 Å². The van der Waals surface area contributed by atoms with Gasteiger partial charge in [0.2, 0.25) is 0 Å². The Morgan fingerprint density at radius 1 is 1.29 bits per heavy atom. The van der Waals surface area contributed by atoms with Crippen molar-refractivity contribution in [2.45, 2.75) is 64.8 Å². The van der Waals surface area contributed by atoms with Crippen molar-refractivity contribution < 1.29 is 8.78 Å². The van der Waals surface area contributed by atoms with Crippen LogP contribution in [0.1, 0.15) is 57.4 Å². The van der Waals surface area contributed by atoms with Crippen molar-refractivity contribution in [3.05, 3.63) is 18.0 Å². The molecule has 0 amide bonds. The van der Waals surface area contributed by atoms with Crippen molar-refractivity contribution in [3.63, 3.8) is 0 Å². The zero-order chi connectivity index (χ0) is 12.7. The first-order chi connectivity index (χ1) is 8.13. The highest BCUT2D eigenvalue weighted by Crippen LogP contribution is 2.21. The number of unbranched alkanes of at least 4 members (excludes halogenated alkanes) is 3. The van der Waals surface area contributed by atoms with E-state index in [0.29, 0.717) is 5.92 Å². The van der Waals surface area contributed by atoms with E-state index in [4.69, 9.17) is 0 Å². The van der Waals surface area contributed by atoms with E-state index < -0.39 is 6.43 Å². The maximum atomic E-state index is 12.2. The van der Waals surface area contributed by atoms with Gasteiger partial charge in [0.1, 0.15) is 6.54 Å². The fourth-order valence-electron chi connectivity index (χ4n) is 1.92. The van der Waals surface area contributed by atoms with Crippen molar-refractivity contribution in [2.24, 2.45) is 0 Å². The molecule has 0 aliphatic rings. The normalized spacial score (nSPS) is 13.2. The van der Waals surface area contributed by atoms with Gasteiger partial charge in [-0.2, -0.15) is 5.10 Å². The van der Waals surface area contributed by atoms with Gasteiger partial charge in [0.05, 0.1) is 6.20 Å². The Labute approximate surface area is 102 Å². The van der Waals surface area contributed by atoms with Crippen molar-refractivity contribution >= 4 is 0 Å². The Balaban J connectivity index is 2.35. The summed E-state index contributed by atoms with van der Waals surface area (Å²) in [5, 5.41) is 3.96. The Hall–Kier alpha value is -0.930. The Bertz CT molecular complexity index is 310. The molecule has 0 fully saturated rings. The molecule has 1 aromatic rings. The molecule has 17 heavy (non-hydrogen) atoms. The smallest absolute Gasteiger partial charge is 0.257 e. The summed E-state index contributed by atoms with van der Waals surface area (Å²) in [4.78, 5) is 0. The number of nitrogens with zero attached hydrogens (tertiary/aromatic N) is 2. The quantitative estimate of drug-likeness (QED) is 0.626. The average molecular weight is 244 g/mol. The highest BCUT2D eigenvalue weighted by molar-refractivity contribution is 5.09. The van der Waals surface area contributed by atoms with Gasteiger partial charge in [-0.25, -0.2) is 8.78 Å². The predicted octanol–water partition coefficient (Wildman–Crippen LogP) is 4.22. The zero-order valence-electron chi connectivity index (χ0n) is 10.7. The molecule has 0 aliphatic heterocycles. The summed E-state index contributed by atoms with van der Waals surface area (Å²) in [5.41, 5.74) is 1.07. The van der Waals surface area contributed by atoms with E-state index in [0.717, 1.165) is 12.0 Å². The Kier molecular flexibility index (Phi) is 6.16. The van der Waals surface area contributed by atoms with Gasteiger partial charge >= 0.3 is 0 Å². The Morgan fingerprint density at radius 3 is 2.71 bits per heavy atom. The minimum atomic E-state index is -2.33. The molecule has 1 atom stereocenters. The second kappa shape index (κ2) is 7.41. The predicted molar refractivity (Wildman–Crippen MR) is 65.4 cm³/mol. The number of hydrogen-bond acceptors (Lipinski definition) is 1. The van der Waals surface area contributed by atoms with Crippen molar-refractivity contribution in [1.82, 2.24) is 9.78 Å². The Morgan fingerprint density at radius 2 is 2.06 bits per heavy atom. The first-order valence-electron chi connectivity index (χ1n) is 6.44. The topological polar surface area (TPSA) is 17.8 Å². The third-order valence-electron chi connectivity index (χ3n) is 3.04. The van der Waals surface area contributed by atoms with Crippen LogP contribution in [0.3, 0.4) is 0 Å². The summed E-state index contributed by atoms with van der Waals surface area (Å²) in [5.74, 6) is 0.415. The summed E-state index contributed by atoms with van der Waals surface area (Å²) in [7, 11) is 0. The fraction of sp³-hybridized carbons (Fsp3) is 0.769. The number of halogens is 2. The highest BCUT2D eigenvalue weighted by Gasteiger charge is 2.10. The van der Waals surface area contributed by atoms with Crippen LogP contribution in [0.2, 0.25) is 0 Å². The molecule has 1 heterocycles.